The number of H-pyrrole nitrogens is 1. The van der Waals surface area contributed by atoms with Crippen molar-refractivity contribution >= 4 is 22.7 Å². The van der Waals surface area contributed by atoms with Crippen LogP contribution in [-0.4, -0.2) is 22.6 Å². The van der Waals surface area contributed by atoms with Crippen molar-refractivity contribution in [1.82, 2.24) is 4.98 Å². The number of ether oxygens (including phenoxy) is 1. The van der Waals surface area contributed by atoms with Crippen LogP contribution in [0, 0.1) is 0 Å². The summed E-state index contributed by atoms with van der Waals surface area (Å²) in [6.45, 7) is 2.54. The van der Waals surface area contributed by atoms with Crippen molar-refractivity contribution in [3.05, 3.63) is 93.9 Å². The monoisotopic (exact) mass is 395 g/mol. The third kappa shape index (κ3) is 4.65. The number of halogens is 1. The van der Waals surface area contributed by atoms with Gasteiger partial charge < -0.3 is 14.8 Å². The third-order valence-electron chi connectivity index (χ3n) is 4.43. The van der Waals surface area contributed by atoms with Gasteiger partial charge in [-0.2, -0.15) is 0 Å². The molecule has 0 saturated carbocycles. The summed E-state index contributed by atoms with van der Waals surface area (Å²) in [5.41, 5.74) is 4.95. The second-order valence-corrected chi connectivity index (χ2v) is 6.64. The van der Waals surface area contributed by atoms with Crippen molar-refractivity contribution in [2.24, 2.45) is 0 Å². The fraction of sp³-hybridized carbons (Fsp3) is 0.174. The number of alkyl halides is 1. The predicted octanol–water partition coefficient (Wildman–Crippen LogP) is 5.07. The van der Waals surface area contributed by atoms with E-state index in [9.17, 15) is 9.90 Å². The van der Waals surface area contributed by atoms with E-state index in [2.05, 4.69) is 11.9 Å². The lowest BCUT2D eigenvalue weighted by molar-refractivity contribution is 0.343. The Kier molecular flexibility index (Phi) is 6.56. The molecule has 0 spiro atoms. The van der Waals surface area contributed by atoms with Gasteiger partial charge in [-0.05, 0) is 64.6 Å². The number of phenolic OH excluding ortho intramolecular Hbond substituents is 1. The fourth-order valence-electron chi connectivity index (χ4n) is 3.14. The van der Waals surface area contributed by atoms with Crippen molar-refractivity contribution in [3.8, 4) is 11.5 Å². The Morgan fingerprint density at radius 1 is 0.964 bits per heavy atom. The quantitative estimate of drug-likeness (QED) is 0.549. The molecule has 3 rings (SSSR count). The number of hydrogen-bond donors (Lipinski definition) is 2. The molecule has 0 unspecified atom stereocenters. The Morgan fingerprint density at radius 3 is 2.11 bits per heavy atom. The van der Waals surface area contributed by atoms with E-state index >= 15 is 0 Å². The maximum atomic E-state index is 11.5. The molecule has 1 aromatic heterocycles. The van der Waals surface area contributed by atoms with Crippen molar-refractivity contribution < 1.29 is 9.84 Å². The minimum atomic E-state index is -0.133. The highest BCUT2D eigenvalue weighted by molar-refractivity contribution is 6.18. The van der Waals surface area contributed by atoms with E-state index in [1.54, 1.807) is 18.3 Å². The molecule has 28 heavy (non-hydrogen) atoms. The normalized spacial score (nSPS) is 11.8. The van der Waals surface area contributed by atoms with Crippen LogP contribution in [0.25, 0.3) is 11.1 Å². The molecule has 0 radical (unpaired) electrons. The number of hydrogen-bond acceptors (Lipinski definition) is 3. The average molecular weight is 396 g/mol. The molecule has 2 N–H and O–H groups in total. The zero-order chi connectivity index (χ0) is 19.9. The van der Waals surface area contributed by atoms with Crippen LogP contribution in [0.4, 0.5) is 0 Å². The second kappa shape index (κ2) is 9.29. The molecule has 0 aliphatic carbocycles. The molecule has 144 valence electrons. The Hall–Kier alpha value is -2.98. The highest BCUT2D eigenvalue weighted by Crippen LogP contribution is 2.35. The Labute approximate surface area is 169 Å². The minimum Gasteiger partial charge on any atom is -0.508 e. The Balaban J connectivity index is 2.15. The van der Waals surface area contributed by atoms with Crippen molar-refractivity contribution in [3.63, 3.8) is 0 Å². The summed E-state index contributed by atoms with van der Waals surface area (Å²) < 4.78 is 5.58. The van der Waals surface area contributed by atoms with Gasteiger partial charge in [-0.15, -0.1) is 11.6 Å². The van der Waals surface area contributed by atoms with E-state index < -0.39 is 0 Å². The summed E-state index contributed by atoms with van der Waals surface area (Å²) in [6.07, 6.45) is 2.51. The lowest BCUT2D eigenvalue weighted by Crippen LogP contribution is -2.04. The van der Waals surface area contributed by atoms with Crippen LogP contribution < -0.4 is 10.3 Å². The molecule has 5 heteroatoms. The predicted molar refractivity (Wildman–Crippen MR) is 114 cm³/mol. The average Bonchev–Trinajstić information content (AvgIpc) is 2.73. The topological polar surface area (TPSA) is 62.3 Å². The number of pyridine rings is 1. The van der Waals surface area contributed by atoms with Crippen LogP contribution in [0.2, 0.25) is 0 Å². The first kappa shape index (κ1) is 19.8. The first-order chi connectivity index (χ1) is 13.6. The highest BCUT2D eigenvalue weighted by Gasteiger charge is 2.13. The van der Waals surface area contributed by atoms with E-state index in [0.29, 0.717) is 12.5 Å². The smallest absolute Gasteiger partial charge is 0.247 e. The van der Waals surface area contributed by atoms with Gasteiger partial charge in [0.2, 0.25) is 5.56 Å². The van der Waals surface area contributed by atoms with Crippen LogP contribution in [-0.2, 0) is 0 Å². The third-order valence-corrected chi connectivity index (χ3v) is 4.59. The summed E-state index contributed by atoms with van der Waals surface area (Å²) >= 11 is 5.69. The molecule has 0 aliphatic rings. The van der Waals surface area contributed by atoms with Crippen molar-refractivity contribution in [1.29, 1.82) is 0 Å². The van der Waals surface area contributed by atoms with E-state index in [-0.39, 0.29) is 11.3 Å². The summed E-state index contributed by atoms with van der Waals surface area (Å²) in [5, 5.41) is 9.69. The van der Waals surface area contributed by atoms with Gasteiger partial charge in [0.25, 0.3) is 0 Å². The maximum absolute atomic E-state index is 11.5. The van der Waals surface area contributed by atoms with Gasteiger partial charge in [-0.3, -0.25) is 4.79 Å². The minimum absolute atomic E-state index is 0.133. The van der Waals surface area contributed by atoms with Gasteiger partial charge in [0, 0.05) is 12.3 Å². The molecule has 0 fully saturated rings. The van der Waals surface area contributed by atoms with Crippen molar-refractivity contribution in [2.45, 2.75) is 13.3 Å². The van der Waals surface area contributed by atoms with Crippen LogP contribution in [0.15, 0.2) is 71.7 Å². The molecule has 2 aromatic carbocycles. The zero-order valence-corrected chi connectivity index (χ0v) is 16.4. The Morgan fingerprint density at radius 2 is 1.57 bits per heavy atom. The first-order valence-corrected chi connectivity index (χ1v) is 9.66. The number of aromatic hydroxyl groups is 1. The van der Waals surface area contributed by atoms with E-state index in [0.717, 1.165) is 40.0 Å². The standard InChI is InChI=1S/C23H22ClNO3/c1-2-21(18-7-12-22(27)25-15-18)23(16-3-8-19(26)9-4-16)17-5-10-20(11-6-17)28-14-13-24/h3-12,15,26H,2,13-14H2,1H3,(H,25,27)/b23-21-. The number of nitrogens with one attached hydrogen (secondary N) is 1. The van der Waals surface area contributed by atoms with Gasteiger partial charge in [0.05, 0.1) is 5.88 Å². The van der Waals surface area contributed by atoms with Gasteiger partial charge in [-0.1, -0.05) is 31.2 Å². The van der Waals surface area contributed by atoms with Gasteiger partial charge in [-0.25, -0.2) is 0 Å². The van der Waals surface area contributed by atoms with Gasteiger partial charge >= 0.3 is 0 Å². The maximum Gasteiger partial charge on any atom is 0.247 e. The lowest BCUT2D eigenvalue weighted by atomic mass is 9.88. The molecule has 0 aliphatic heterocycles. The lowest BCUT2D eigenvalue weighted by Gasteiger charge is -2.16. The number of aromatic amines is 1. The van der Waals surface area contributed by atoms with Crippen LogP contribution in [0.1, 0.15) is 30.0 Å². The summed E-state index contributed by atoms with van der Waals surface area (Å²) in [7, 11) is 0. The molecule has 0 amide bonds. The van der Waals surface area contributed by atoms with Crippen LogP contribution in [0.5, 0.6) is 11.5 Å². The summed E-state index contributed by atoms with van der Waals surface area (Å²) in [6, 6.07) is 18.3. The largest absolute Gasteiger partial charge is 0.508 e. The summed E-state index contributed by atoms with van der Waals surface area (Å²) in [5.74, 6) is 1.42. The molecule has 1 heterocycles. The zero-order valence-electron chi connectivity index (χ0n) is 15.6. The van der Waals surface area contributed by atoms with Crippen LogP contribution in [0.3, 0.4) is 0 Å². The Bertz CT molecular complexity index is 985. The van der Waals surface area contributed by atoms with Gasteiger partial charge in [0.15, 0.2) is 0 Å². The van der Waals surface area contributed by atoms with E-state index in [4.69, 9.17) is 16.3 Å². The number of rotatable bonds is 7. The number of aromatic nitrogens is 1. The molecular formula is C23H22ClNO3. The first-order valence-electron chi connectivity index (χ1n) is 9.13. The molecule has 0 atom stereocenters. The number of phenols is 1. The van der Waals surface area contributed by atoms with E-state index in [1.807, 2.05) is 42.5 Å². The summed E-state index contributed by atoms with van der Waals surface area (Å²) in [4.78, 5) is 14.2. The SMILES string of the molecule is CC/C(=C(\c1ccc(O)cc1)c1ccc(OCCCl)cc1)c1ccc(=O)[nH]c1. The number of allylic oxidation sites excluding steroid dienone is 1. The highest BCUT2D eigenvalue weighted by atomic mass is 35.5. The van der Waals surface area contributed by atoms with Crippen LogP contribution >= 0.6 is 11.6 Å². The molecular weight excluding hydrogens is 374 g/mol. The molecule has 0 bridgehead atoms. The second-order valence-electron chi connectivity index (χ2n) is 6.26. The molecule has 3 aromatic rings. The number of benzene rings is 2. The fourth-order valence-corrected chi connectivity index (χ4v) is 3.22. The van der Waals surface area contributed by atoms with E-state index in [1.165, 1.54) is 6.07 Å². The van der Waals surface area contributed by atoms with Crippen molar-refractivity contribution in [2.75, 3.05) is 12.5 Å². The van der Waals surface area contributed by atoms with Gasteiger partial charge in [0.1, 0.15) is 18.1 Å². The molecule has 4 nitrogen and oxygen atoms in total. The molecule has 0 saturated heterocycles.